The molecule has 0 saturated carbocycles. The lowest BCUT2D eigenvalue weighted by Crippen LogP contribution is -2.34. The third kappa shape index (κ3) is 6.38. The van der Waals surface area contributed by atoms with Crippen molar-refractivity contribution in [1.82, 2.24) is 4.90 Å². The van der Waals surface area contributed by atoms with Crippen molar-refractivity contribution in [1.29, 1.82) is 0 Å². The van der Waals surface area contributed by atoms with E-state index in [0.29, 0.717) is 26.2 Å². The smallest absolute Gasteiger partial charge is 0.210 e. The van der Waals surface area contributed by atoms with Crippen LogP contribution in [0.1, 0.15) is 5.56 Å². The summed E-state index contributed by atoms with van der Waals surface area (Å²) in [5.41, 5.74) is 6.63. The lowest BCUT2D eigenvalue weighted by atomic mass is 10.2. The lowest BCUT2D eigenvalue weighted by molar-refractivity contribution is 0.289. The normalized spacial score (nSPS) is 11.9. The molecular weight excluding hydrogens is 238 g/mol. The van der Waals surface area contributed by atoms with Crippen LogP contribution in [0.3, 0.4) is 0 Å². The molecule has 0 unspecified atom stereocenters. The lowest BCUT2D eigenvalue weighted by Gasteiger charge is -2.21. The molecule has 0 aromatic heterocycles. The van der Waals surface area contributed by atoms with Gasteiger partial charge in [0.25, 0.3) is 0 Å². The third-order valence-corrected chi connectivity index (χ3v) is 3.14. The van der Waals surface area contributed by atoms with Crippen LogP contribution in [0.4, 0.5) is 0 Å². The molecule has 0 fully saturated rings. The molecule has 1 aromatic carbocycles. The van der Waals surface area contributed by atoms with E-state index in [0.717, 1.165) is 5.56 Å². The Kier molecular flexibility index (Phi) is 5.57. The predicted octanol–water partition coefficient (Wildman–Crippen LogP) is -0.264. The zero-order chi connectivity index (χ0) is 12.7. The van der Waals surface area contributed by atoms with Gasteiger partial charge < -0.3 is 5.73 Å². The number of hydrogen-bond donors (Lipinski definition) is 2. The van der Waals surface area contributed by atoms with Crippen LogP contribution in [-0.4, -0.2) is 38.7 Å². The highest BCUT2D eigenvalue weighted by Gasteiger charge is 2.09. The van der Waals surface area contributed by atoms with E-state index < -0.39 is 10.0 Å². The molecule has 0 radical (unpaired) electrons. The Balaban J connectivity index is 2.54. The average Bonchev–Trinajstić information content (AvgIpc) is 2.27. The van der Waals surface area contributed by atoms with Gasteiger partial charge in [-0.2, -0.15) is 0 Å². The fraction of sp³-hybridized carbons (Fsp3) is 0.455. The van der Waals surface area contributed by atoms with Crippen LogP contribution in [0.2, 0.25) is 0 Å². The van der Waals surface area contributed by atoms with Crippen molar-refractivity contribution < 1.29 is 8.42 Å². The molecule has 0 amide bonds. The second-order valence-electron chi connectivity index (χ2n) is 3.92. The highest BCUT2D eigenvalue weighted by molar-refractivity contribution is 7.89. The van der Waals surface area contributed by atoms with Gasteiger partial charge in [0.15, 0.2) is 0 Å². The second-order valence-corrected chi connectivity index (χ2v) is 5.65. The van der Waals surface area contributed by atoms with Gasteiger partial charge in [-0.15, -0.1) is 0 Å². The molecule has 0 saturated heterocycles. The van der Waals surface area contributed by atoms with E-state index in [1.807, 2.05) is 35.2 Å². The van der Waals surface area contributed by atoms with Gasteiger partial charge in [-0.05, 0) is 5.56 Å². The SMILES string of the molecule is NCCN(CCS(N)(=O)=O)Cc1ccccc1. The van der Waals surface area contributed by atoms with Crippen molar-refractivity contribution in [2.24, 2.45) is 10.9 Å². The minimum absolute atomic E-state index is 0.0418. The monoisotopic (exact) mass is 257 g/mol. The van der Waals surface area contributed by atoms with Crippen molar-refractivity contribution >= 4 is 10.0 Å². The van der Waals surface area contributed by atoms with E-state index in [9.17, 15) is 8.42 Å². The van der Waals surface area contributed by atoms with E-state index in [-0.39, 0.29) is 5.75 Å². The van der Waals surface area contributed by atoms with Crippen LogP contribution in [0.5, 0.6) is 0 Å². The molecule has 96 valence electrons. The molecule has 1 rings (SSSR count). The number of primary sulfonamides is 1. The molecule has 0 aliphatic heterocycles. The number of nitrogens with two attached hydrogens (primary N) is 2. The van der Waals surface area contributed by atoms with Crippen LogP contribution in [0.25, 0.3) is 0 Å². The van der Waals surface area contributed by atoms with Crippen LogP contribution >= 0.6 is 0 Å². The maximum Gasteiger partial charge on any atom is 0.210 e. The quantitative estimate of drug-likeness (QED) is 0.704. The molecule has 17 heavy (non-hydrogen) atoms. The van der Waals surface area contributed by atoms with E-state index in [1.54, 1.807) is 0 Å². The zero-order valence-corrected chi connectivity index (χ0v) is 10.6. The fourth-order valence-electron chi connectivity index (χ4n) is 1.55. The summed E-state index contributed by atoms with van der Waals surface area (Å²) in [6.07, 6.45) is 0. The topological polar surface area (TPSA) is 89.4 Å². The van der Waals surface area contributed by atoms with E-state index >= 15 is 0 Å². The summed E-state index contributed by atoms with van der Waals surface area (Å²) >= 11 is 0. The Morgan fingerprint density at radius 2 is 1.76 bits per heavy atom. The Labute approximate surface area is 102 Å². The largest absolute Gasteiger partial charge is 0.329 e. The standard InChI is InChI=1S/C11H19N3O2S/c12-6-7-14(8-9-17(13,15)16)10-11-4-2-1-3-5-11/h1-5H,6-10,12H2,(H2,13,15,16). The minimum Gasteiger partial charge on any atom is -0.329 e. The number of rotatable bonds is 7. The molecule has 0 bridgehead atoms. The van der Waals surface area contributed by atoms with Gasteiger partial charge in [-0.3, -0.25) is 4.90 Å². The van der Waals surface area contributed by atoms with Gasteiger partial charge in [-0.1, -0.05) is 30.3 Å². The first-order valence-corrected chi connectivity index (χ1v) is 7.19. The van der Waals surface area contributed by atoms with Crippen molar-refractivity contribution in [3.8, 4) is 0 Å². The molecule has 5 nitrogen and oxygen atoms in total. The van der Waals surface area contributed by atoms with E-state index in [4.69, 9.17) is 10.9 Å². The van der Waals surface area contributed by atoms with Crippen LogP contribution in [0.15, 0.2) is 30.3 Å². The molecule has 0 aliphatic rings. The van der Waals surface area contributed by atoms with Crippen LogP contribution in [-0.2, 0) is 16.6 Å². The molecule has 4 N–H and O–H groups in total. The van der Waals surface area contributed by atoms with Gasteiger partial charge in [0, 0.05) is 26.2 Å². The zero-order valence-electron chi connectivity index (χ0n) is 9.75. The maximum absolute atomic E-state index is 10.9. The first-order chi connectivity index (χ1) is 8.01. The molecule has 0 aliphatic carbocycles. The molecular formula is C11H19N3O2S. The summed E-state index contributed by atoms with van der Waals surface area (Å²) in [6, 6.07) is 9.85. The summed E-state index contributed by atoms with van der Waals surface area (Å²) in [4.78, 5) is 1.99. The predicted molar refractivity (Wildman–Crippen MR) is 68.7 cm³/mol. The molecule has 0 atom stereocenters. The maximum atomic E-state index is 10.9. The van der Waals surface area contributed by atoms with Gasteiger partial charge >= 0.3 is 0 Å². The molecule has 1 aromatic rings. The van der Waals surface area contributed by atoms with Crippen LogP contribution in [0, 0.1) is 0 Å². The summed E-state index contributed by atoms with van der Waals surface area (Å²) < 4.78 is 21.8. The summed E-state index contributed by atoms with van der Waals surface area (Å²) in [5, 5.41) is 4.99. The van der Waals surface area contributed by atoms with Crippen molar-refractivity contribution in [3.63, 3.8) is 0 Å². The Morgan fingerprint density at radius 3 is 2.29 bits per heavy atom. The summed E-state index contributed by atoms with van der Waals surface area (Å²) in [5.74, 6) is -0.0418. The number of sulfonamides is 1. The second kappa shape index (κ2) is 6.70. The van der Waals surface area contributed by atoms with Crippen LogP contribution < -0.4 is 10.9 Å². The number of hydrogen-bond acceptors (Lipinski definition) is 4. The molecule has 0 heterocycles. The Hall–Kier alpha value is -0.950. The molecule has 6 heteroatoms. The van der Waals surface area contributed by atoms with Crippen molar-refractivity contribution in [3.05, 3.63) is 35.9 Å². The van der Waals surface area contributed by atoms with Gasteiger partial charge in [0.2, 0.25) is 10.0 Å². The first-order valence-electron chi connectivity index (χ1n) is 5.48. The Morgan fingerprint density at radius 1 is 1.12 bits per heavy atom. The van der Waals surface area contributed by atoms with Crippen molar-refractivity contribution in [2.75, 3.05) is 25.4 Å². The number of nitrogens with zero attached hydrogens (tertiary/aromatic N) is 1. The van der Waals surface area contributed by atoms with Gasteiger partial charge in [0.1, 0.15) is 0 Å². The Bertz CT molecular complexity index is 420. The third-order valence-electron chi connectivity index (χ3n) is 2.39. The molecule has 0 spiro atoms. The van der Waals surface area contributed by atoms with E-state index in [1.165, 1.54) is 0 Å². The van der Waals surface area contributed by atoms with Gasteiger partial charge in [-0.25, -0.2) is 13.6 Å². The number of benzene rings is 1. The summed E-state index contributed by atoms with van der Waals surface area (Å²) in [6.45, 7) is 2.25. The first kappa shape index (κ1) is 14.1. The minimum atomic E-state index is -3.41. The van der Waals surface area contributed by atoms with Gasteiger partial charge in [0.05, 0.1) is 5.75 Å². The highest BCUT2D eigenvalue weighted by Crippen LogP contribution is 2.03. The highest BCUT2D eigenvalue weighted by atomic mass is 32.2. The van der Waals surface area contributed by atoms with E-state index in [2.05, 4.69) is 0 Å². The summed E-state index contributed by atoms with van der Waals surface area (Å²) in [7, 11) is -3.41. The fourth-order valence-corrected chi connectivity index (χ4v) is 2.06. The average molecular weight is 257 g/mol. The van der Waals surface area contributed by atoms with Crippen molar-refractivity contribution in [2.45, 2.75) is 6.54 Å².